The minimum absolute atomic E-state index is 0. The SMILES string of the molecule is CC(CCC1OC(=O)c2ccccc21)OP(=O)([O-])[O-].[Na+].[Na+]. The van der Waals surface area contributed by atoms with E-state index in [9.17, 15) is 19.1 Å². The van der Waals surface area contributed by atoms with E-state index in [0.717, 1.165) is 5.56 Å². The van der Waals surface area contributed by atoms with E-state index in [2.05, 4.69) is 4.52 Å². The molecule has 104 valence electrons. The normalized spacial score (nSPS) is 18.0. The molecule has 2 rings (SSSR count). The average Bonchev–Trinajstić information content (AvgIpc) is 2.62. The molecule has 2 atom stereocenters. The fourth-order valence-corrected chi connectivity index (χ4v) is 2.64. The monoisotopic (exact) mass is 330 g/mol. The number of fused-ring (bicyclic) bond motifs is 1. The Hall–Kier alpha value is 0.800. The summed E-state index contributed by atoms with van der Waals surface area (Å²) < 4.78 is 20.0. The second kappa shape index (κ2) is 9.18. The Morgan fingerprint density at radius 2 is 1.95 bits per heavy atom. The van der Waals surface area contributed by atoms with Crippen LogP contribution in [0.4, 0.5) is 0 Å². The Kier molecular flexibility index (Phi) is 9.53. The number of rotatable bonds is 5. The third-order valence-corrected chi connectivity index (χ3v) is 3.54. The van der Waals surface area contributed by atoms with Gasteiger partial charge in [0.25, 0.3) is 0 Å². The van der Waals surface area contributed by atoms with Crippen LogP contribution in [0.3, 0.4) is 0 Å². The number of carbonyl (C=O) groups excluding carboxylic acids is 1. The number of benzene rings is 1. The maximum absolute atomic E-state index is 11.6. The average molecular weight is 330 g/mol. The molecular formula is C12H13Na2O6P. The number of hydrogen-bond acceptors (Lipinski definition) is 6. The van der Waals surface area contributed by atoms with Crippen LogP contribution < -0.4 is 68.9 Å². The molecule has 1 heterocycles. The molecule has 0 N–H and O–H groups in total. The van der Waals surface area contributed by atoms with Crippen LogP contribution in [0.5, 0.6) is 0 Å². The molecule has 2 unspecified atom stereocenters. The summed E-state index contributed by atoms with van der Waals surface area (Å²) in [7, 11) is -4.97. The van der Waals surface area contributed by atoms with Gasteiger partial charge >= 0.3 is 65.1 Å². The predicted octanol–water partition coefficient (Wildman–Crippen LogP) is -5.08. The van der Waals surface area contributed by atoms with Gasteiger partial charge in [-0.05, 0) is 25.8 Å². The number of phosphoric ester groups is 1. The molecule has 0 radical (unpaired) electrons. The first-order valence-electron chi connectivity index (χ1n) is 5.87. The number of carbonyl (C=O) groups is 1. The van der Waals surface area contributed by atoms with Gasteiger partial charge in [-0.15, -0.1) is 0 Å². The summed E-state index contributed by atoms with van der Waals surface area (Å²) >= 11 is 0. The van der Waals surface area contributed by atoms with Crippen molar-refractivity contribution in [2.75, 3.05) is 0 Å². The second-order valence-electron chi connectivity index (χ2n) is 4.42. The van der Waals surface area contributed by atoms with Crippen LogP contribution in [0.15, 0.2) is 24.3 Å². The van der Waals surface area contributed by atoms with E-state index >= 15 is 0 Å². The van der Waals surface area contributed by atoms with Crippen molar-refractivity contribution in [3.8, 4) is 0 Å². The van der Waals surface area contributed by atoms with Gasteiger partial charge in [-0.3, -0.25) is 0 Å². The number of ether oxygens (including phenoxy) is 1. The molecule has 0 saturated carbocycles. The summed E-state index contributed by atoms with van der Waals surface area (Å²) in [5, 5.41) is 0. The van der Waals surface area contributed by atoms with Gasteiger partial charge in [0, 0.05) is 5.56 Å². The summed E-state index contributed by atoms with van der Waals surface area (Å²) in [6, 6.07) is 7.03. The Morgan fingerprint density at radius 1 is 1.33 bits per heavy atom. The van der Waals surface area contributed by atoms with Crippen molar-refractivity contribution in [1.29, 1.82) is 0 Å². The number of hydrogen-bond donors (Lipinski definition) is 0. The first-order chi connectivity index (χ1) is 8.87. The van der Waals surface area contributed by atoms with Crippen LogP contribution >= 0.6 is 7.82 Å². The van der Waals surface area contributed by atoms with Gasteiger partial charge in [-0.25, -0.2) is 4.79 Å². The molecule has 6 nitrogen and oxygen atoms in total. The van der Waals surface area contributed by atoms with Gasteiger partial charge in [0.15, 0.2) is 0 Å². The van der Waals surface area contributed by atoms with Gasteiger partial charge in [0.2, 0.25) is 0 Å². The Bertz CT molecular complexity index is 532. The van der Waals surface area contributed by atoms with Crippen molar-refractivity contribution < 1.29 is 87.5 Å². The van der Waals surface area contributed by atoms with Crippen molar-refractivity contribution in [1.82, 2.24) is 0 Å². The maximum atomic E-state index is 11.6. The molecular weight excluding hydrogens is 317 g/mol. The van der Waals surface area contributed by atoms with Gasteiger partial charge in [0.05, 0.1) is 19.5 Å². The molecule has 1 aromatic rings. The van der Waals surface area contributed by atoms with E-state index in [1.165, 1.54) is 6.92 Å². The van der Waals surface area contributed by atoms with Crippen molar-refractivity contribution in [2.45, 2.75) is 32.0 Å². The Labute approximate surface area is 167 Å². The summed E-state index contributed by atoms with van der Waals surface area (Å²) in [4.78, 5) is 32.5. The zero-order valence-electron chi connectivity index (χ0n) is 12.3. The van der Waals surface area contributed by atoms with Crippen LogP contribution in [0, 0.1) is 0 Å². The molecule has 0 aliphatic carbocycles. The molecule has 21 heavy (non-hydrogen) atoms. The smallest absolute Gasteiger partial charge is 0.790 e. The van der Waals surface area contributed by atoms with E-state index < -0.39 is 20.0 Å². The van der Waals surface area contributed by atoms with Crippen molar-refractivity contribution in [3.63, 3.8) is 0 Å². The van der Waals surface area contributed by atoms with Crippen LogP contribution in [0.25, 0.3) is 0 Å². The zero-order chi connectivity index (χ0) is 14.0. The number of cyclic esters (lactones) is 1. The van der Waals surface area contributed by atoms with Crippen LogP contribution in [-0.4, -0.2) is 12.1 Å². The summed E-state index contributed by atoms with van der Waals surface area (Å²) in [5.74, 6) is -0.382. The van der Waals surface area contributed by atoms with Gasteiger partial charge in [-0.1, -0.05) is 18.2 Å². The zero-order valence-corrected chi connectivity index (χ0v) is 17.2. The first-order valence-corrected chi connectivity index (χ1v) is 7.33. The predicted molar refractivity (Wildman–Crippen MR) is 62.0 cm³/mol. The molecule has 0 spiro atoms. The third-order valence-electron chi connectivity index (χ3n) is 2.92. The molecule has 1 aliphatic rings. The summed E-state index contributed by atoms with van der Waals surface area (Å²) in [6.45, 7) is 1.49. The third kappa shape index (κ3) is 6.43. The molecule has 1 aromatic carbocycles. The molecule has 1 aliphatic heterocycles. The van der Waals surface area contributed by atoms with Crippen molar-refractivity contribution >= 4 is 13.8 Å². The van der Waals surface area contributed by atoms with Crippen molar-refractivity contribution in [3.05, 3.63) is 35.4 Å². The van der Waals surface area contributed by atoms with Crippen LogP contribution in [0.1, 0.15) is 41.8 Å². The maximum Gasteiger partial charge on any atom is 1.00 e. The van der Waals surface area contributed by atoms with Crippen LogP contribution in [-0.2, 0) is 13.8 Å². The fraction of sp³-hybridized carbons (Fsp3) is 0.417. The minimum Gasteiger partial charge on any atom is -0.790 e. The molecule has 0 amide bonds. The first kappa shape index (κ1) is 21.8. The van der Waals surface area contributed by atoms with Crippen molar-refractivity contribution in [2.24, 2.45) is 0 Å². The van der Waals surface area contributed by atoms with Gasteiger partial charge < -0.3 is 23.6 Å². The molecule has 0 saturated heterocycles. The minimum atomic E-state index is -4.97. The number of esters is 1. The molecule has 0 bridgehead atoms. The van der Waals surface area contributed by atoms with Crippen LogP contribution in [0.2, 0.25) is 0 Å². The fourth-order valence-electron chi connectivity index (χ4n) is 2.09. The van der Waals surface area contributed by atoms with E-state index in [0.29, 0.717) is 18.4 Å². The van der Waals surface area contributed by atoms with Gasteiger partial charge in [-0.2, -0.15) is 0 Å². The largest absolute Gasteiger partial charge is 1.00 e. The standard InChI is InChI=1S/C12H15O6P.2Na/c1-8(18-19(14,15)16)6-7-11-9-4-2-3-5-10(9)12(13)17-11;;/h2-5,8,11H,6-7H2,1H3,(H2,14,15,16);;/q;2*+1/p-2. The quantitative estimate of drug-likeness (QED) is 0.304. The van der Waals surface area contributed by atoms with E-state index in [4.69, 9.17) is 4.74 Å². The Balaban J connectivity index is 0.00000200. The van der Waals surface area contributed by atoms with Gasteiger partial charge in [0.1, 0.15) is 6.10 Å². The number of phosphoric acid groups is 1. The van der Waals surface area contributed by atoms with E-state index in [-0.39, 0.29) is 65.1 Å². The molecule has 0 fully saturated rings. The second-order valence-corrected chi connectivity index (χ2v) is 5.53. The summed E-state index contributed by atoms with van der Waals surface area (Å²) in [5.41, 5.74) is 1.31. The summed E-state index contributed by atoms with van der Waals surface area (Å²) in [6.07, 6.45) is -0.426. The molecule has 9 heteroatoms. The van der Waals surface area contributed by atoms with E-state index in [1.54, 1.807) is 24.3 Å². The Morgan fingerprint density at radius 3 is 2.57 bits per heavy atom. The topological polar surface area (TPSA) is 98.7 Å². The molecule has 0 aromatic heterocycles. The van der Waals surface area contributed by atoms with E-state index in [1.807, 2.05) is 0 Å².